The second-order valence-corrected chi connectivity index (χ2v) is 11.0. The van der Waals surface area contributed by atoms with Gasteiger partial charge in [-0.25, -0.2) is 0 Å². The van der Waals surface area contributed by atoms with Crippen LogP contribution in [0.3, 0.4) is 0 Å². The SMILES string of the molecule is CCOC(=O)C1CCN(C(=O)CCN(CC(C)C)C(=O)c2cc3n(n2)CCCN(Cc2ccccc2)C3=O)CC1. The third-order valence-corrected chi connectivity index (χ3v) is 7.46. The summed E-state index contributed by atoms with van der Waals surface area (Å²) in [6.45, 7) is 9.65. The Morgan fingerprint density at radius 1 is 1.07 bits per heavy atom. The summed E-state index contributed by atoms with van der Waals surface area (Å²) in [4.78, 5) is 57.2. The highest BCUT2D eigenvalue weighted by molar-refractivity contribution is 5.98. The Labute approximate surface area is 236 Å². The number of likely N-dealkylation sites (tertiary alicyclic amines) is 1. The number of benzene rings is 1. The summed E-state index contributed by atoms with van der Waals surface area (Å²) in [6, 6.07) is 11.5. The van der Waals surface area contributed by atoms with E-state index in [4.69, 9.17) is 4.74 Å². The lowest BCUT2D eigenvalue weighted by molar-refractivity contribution is -0.151. The van der Waals surface area contributed by atoms with Crippen molar-refractivity contribution in [2.24, 2.45) is 11.8 Å². The zero-order valence-electron chi connectivity index (χ0n) is 23.9. The van der Waals surface area contributed by atoms with Gasteiger partial charge < -0.3 is 19.4 Å². The monoisotopic (exact) mass is 551 g/mol. The topological polar surface area (TPSA) is 105 Å². The molecule has 4 rings (SSSR count). The molecular weight excluding hydrogens is 510 g/mol. The third kappa shape index (κ3) is 7.28. The Morgan fingerprint density at radius 2 is 1.80 bits per heavy atom. The highest BCUT2D eigenvalue weighted by Crippen LogP contribution is 2.21. The number of esters is 1. The number of hydrogen-bond donors (Lipinski definition) is 0. The predicted molar refractivity (Wildman–Crippen MR) is 149 cm³/mol. The zero-order valence-corrected chi connectivity index (χ0v) is 23.9. The van der Waals surface area contributed by atoms with Crippen molar-refractivity contribution in [3.63, 3.8) is 0 Å². The fraction of sp³-hybridized carbons (Fsp3) is 0.567. The van der Waals surface area contributed by atoms with Crippen molar-refractivity contribution in [2.75, 3.05) is 39.3 Å². The van der Waals surface area contributed by atoms with Crippen LogP contribution in [0.1, 0.15) is 73.0 Å². The smallest absolute Gasteiger partial charge is 0.309 e. The summed E-state index contributed by atoms with van der Waals surface area (Å²) in [5.74, 6) is -0.594. The summed E-state index contributed by atoms with van der Waals surface area (Å²) < 4.78 is 6.77. The number of carbonyl (C=O) groups excluding carboxylic acids is 4. The molecule has 2 aromatic rings. The number of amides is 3. The van der Waals surface area contributed by atoms with Crippen LogP contribution in [0.25, 0.3) is 0 Å². The van der Waals surface area contributed by atoms with Crippen molar-refractivity contribution < 1.29 is 23.9 Å². The molecule has 1 fully saturated rings. The number of fused-ring (bicyclic) bond motifs is 1. The molecule has 0 N–H and O–H groups in total. The number of carbonyl (C=O) groups is 4. The molecule has 3 heterocycles. The van der Waals surface area contributed by atoms with Crippen LogP contribution in [-0.4, -0.2) is 87.5 Å². The molecule has 1 aromatic carbocycles. The van der Waals surface area contributed by atoms with E-state index in [-0.39, 0.29) is 54.2 Å². The number of nitrogens with zero attached hydrogens (tertiary/aromatic N) is 5. The van der Waals surface area contributed by atoms with Crippen molar-refractivity contribution in [1.29, 1.82) is 0 Å². The van der Waals surface area contributed by atoms with Crippen LogP contribution in [0, 0.1) is 11.8 Å². The fourth-order valence-electron chi connectivity index (χ4n) is 5.39. The zero-order chi connectivity index (χ0) is 28.6. The molecule has 2 aliphatic rings. The van der Waals surface area contributed by atoms with Crippen molar-refractivity contribution in [2.45, 2.75) is 59.5 Å². The van der Waals surface area contributed by atoms with E-state index in [2.05, 4.69) is 5.10 Å². The minimum Gasteiger partial charge on any atom is -0.466 e. The van der Waals surface area contributed by atoms with Crippen LogP contribution < -0.4 is 0 Å². The minimum absolute atomic E-state index is 0.0313. The number of rotatable bonds is 10. The molecule has 1 aromatic heterocycles. The van der Waals surface area contributed by atoms with Gasteiger partial charge >= 0.3 is 5.97 Å². The van der Waals surface area contributed by atoms with Crippen molar-refractivity contribution >= 4 is 23.7 Å². The average molecular weight is 552 g/mol. The van der Waals surface area contributed by atoms with Crippen LogP contribution in [0.5, 0.6) is 0 Å². The van der Waals surface area contributed by atoms with Crippen LogP contribution in [0.2, 0.25) is 0 Å². The van der Waals surface area contributed by atoms with Gasteiger partial charge in [0.25, 0.3) is 11.8 Å². The Balaban J connectivity index is 1.39. The normalized spacial score (nSPS) is 16.1. The molecule has 0 radical (unpaired) electrons. The summed E-state index contributed by atoms with van der Waals surface area (Å²) in [6.07, 6.45) is 2.13. The average Bonchev–Trinajstić information content (AvgIpc) is 3.32. The fourth-order valence-corrected chi connectivity index (χ4v) is 5.39. The lowest BCUT2D eigenvalue weighted by Crippen LogP contribution is -2.43. The Kier molecular flexibility index (Phi) is 9.95. The predicted octanol–water partition coefficient (Wildman–Crippen LogP) is 3.22. The number of aryl methyl sites for hydroxylation is 1. The maximum Gasteiger partial charge on any atom is 0.309 e. The van der Waals surface area contributed by atoms with E-state index in [0.29, 0.717) is 64.4 Å². The molecule has 0 saturated carbocycles. The Morgan fingerprint density at radius 3 is 2.48 bits per heavy atom. The first-order valence-corrected chi connectivity index (χ1v) is 14.4. The second kappa shape index (κ2) is 13.6. The van der Waals surface area contributed by atoms with Gasteiger partial charge in [-0.15, -0.1) is 0 Å². The molecule has 0 bridgehead atoms. The van der Waals surface area contributed by atoms with E-state index in [1.807, 2.05) is 44.2 Å². The van der Waals surface area contributed by atoms with Crippen molar-refractivity contribution in [3.8, 4) is 0 Å². The van der Waals surface area contributed by atoms with Gasteiger partial charge in [-0.2, -0.15) is 5.10 Å². The number of ether oxygens (including phenoxy) is 1. The first-order chi connectivity index (χ1) is 19.3. The Hall–Kier alpha value is -3.69. The first-order valence-electron chi connectivity index (χ1n) is 14.4. The van der Waals surface area contributed by atoms with E-state index < -0.39 is 0 Å². The van der Waals surface area contributed by atoms with Gasteiger partial charge in [-0.1, -0.05) is 44.2 Å². The second-order valence-electron chi connectivity index (χ2n) is 11.0. The van der Waals surface area contributed by atoms with Crippen LogP contribution in [-0.2, 0) is 27.4 Å². The van der Waals surface area contributed by atoms with E-state index in [1.54, 1.807) is 32.4 Å². The maximum absolute atomic E-state index is 13.6. The molecule has 0 spiro atoms. The molecular formula is C30H41N5O5. The third-order valence-electron chi connectivity index (χ3n) is 7.46. The molecule has 2 aliphatic heterocycles. The minimum atomic E-state index is -0.273. The Bertz CT molecular complexity index is 1190. The molecule has 10 heteroatoms. The standard InChI is InChI=1S/C30H41N5O5/c1-4-40-30(39)24-11-16-32(17-12-24)27(36)13-18-34(20-22(2)3)28(37)25-19-26-29(38)33(14-8-15-35(26)31-25)21-23-9-6-5-7-10-23/h5-7,9-10,19,22,24H,4,8,11-18,20-21H2,1-3H3. The molecule has 3 amide bonds. The van der Waals surface area contributed by atoms with Gasteiger partial charge in [-0.3, -0.25) is 23.9 Å². The molecule has 0 unspecified atom stereocenters. The summed E-state index contributed by atoms with van der Waals surface area (Å²) in [5.41, 5.74) is 1.70. The van der Waals surface area contributed by atoms with E-state index >= 15 is 0 Å². The summed E-state index contributed by atoms with van der Waals surface area (Å²) in [5, 5.41) is 4.53. The number of aromatic nitrogens is 2. The quantitative estimate of drug-likeness (QED) is 0.420. The summed E-state index contributed by atoms with van der Waals surface area (Å²) in [7, 11) is 0. The van der Waals surface area contributed by atoms with E-state index in [1.165, 1.54) is 0 Å². The van der Waals surface area contributed by atoms with E-state index in [0.717, 1.165) is 12.0 Å². The van der Waals surface area contributed by atoms with Gasteiger partial charge in [-0.05, 0) is 37.7 Å². The lowest BCUT2D eigenvalue weighted by atomic mass is 9.97. The van der Waals surface area contributed by atoms with Crippen LogP contribution in [0.15, 0.2) is 36.4 Å². The van der Waals surface area contributed by atoms with Gasteiger partial charge in [0.15, 0.2) is 5.69 Å². The van der Waals surface area contributed by atoms with Gasteiger partial charge in [0, 0.05) is 58.3 Å². The highest BCUT2D eigenvalue weighted by Gasteiger charge is 2.30. The molecule has 10 nitrogen and oxygen atoms in total. The molecule has 0 atom stereocenters. The lowest BCUT2D eigenvalue weighted by Gasteiger charge is -2.32. The van der Waals surface area contributed by atoms with Crippen molar-refractivity contribution in [1.82, 2.24) is 24.5 Å². The molecule has 216 valence electrons. The van der Waals surface area contributed by atoms with Gasteiger partial charge in [0.05, 0.1) is 12.5 Å². The maximum atomic E-state index is 13.6. The molecule has 40 heavy (non-hydrogen) atoms. The molecule has 0 aliphatic carbocycles. The van der Waals surface area contributed by atoms with Crippen LogP contribution >= 0.6 is 0 Å². The highest BCUT2D eigenvalue weighted by atomic mass is 16.5. The number of hydrogen-bond acceptors (Lipinski definition) is 6. The first kappa shape index (κ1) is 29.3. The van der Waals surface area contributed by atoms with Crippen molar-refractivity contribution in [3.05, 3.63) is 53.3 Å². The van der Waals surface area contributed by atoms with Gasteiger partial charge in [0.2, 0.25) is 5.91 Å². The van der Waals surface area contributed by atoms with Crippen LogP contribution in [0.4, 0.5) is 0 Å². The molecule has 1 saturated heterocycles. The van der Waals surface area contributed by atoms with Gasteiger partial charge in [0.1, 0.15) is 5.69 Å². The largest absolute Gasteiger partial charge is 0.466 e. The van der Waals surface area contributed by atoms with E-state index in [9.17, 15) is 19.2 Å². The number of piperidine rings is 1. The summed E-state index contributed by atoms with van der Waals surface area (Å²) >= 11 is 0.